The van der Waals surface area contributed by atoms with E-state index in [4.69, 9.17) is 18.9 Å². The minimum absolute atomic E-state index is 0.156. The Morgan fingerprint density at radius 3 is 2.13 bits per heavy atom. The summed E-state index contributed by atoms with van der Waals surface area (Å²) in [5, 5.41) is 40.4. The summed E-state index contributed by atoms with van der Waals surface area (Å²) in [6.45, 7) is 1.39. The molecule has 0 bridgehead atoms. The second-order valence-electron chi connectivity index (χ2n) is 7.41. The number of hydrogen-bond donors (Lipinski definition) is 4. The van der Waals surface area contributed by atoms with Crippen LogP contribution in [0.2, 0.25) is 0 Å². The molecule has 1 saturated heterocycles. The number of aliphatic hydroxyl groups excluding tert-OH is 4. The first kappa shape index (κ1) is 23.2. The lowest BCUT2D eigenvalue weighted by Gasteiger charge is -2.41. The molecule has 1 heterocycles. The highest BCUT2D eigenvalue weighted by Gasteiger charge is 2.46. The lowest BCUT2D eigenvalue weighted by atomic mass is 9.96. The highest BCUT2D eigenvalue weighted by molar-refractivity contribution is 5.44. The predicted octanol–water partition coefficient (Wildman–Crippen LogP) is 1.00. The number of halogens is 1. The quantitative estimate of drug-likeness (QED) is 0.506. The summed E-state index contributed by atoms with van der Waals surface area (Å²) in [7, 11) is 2.92. The molecule has 4 N–H and O–H groups in total. The van der Waals surface area contributed by atoms with Gasteiger partial charge in [-0.1, -0.05) is 12.1 Å². The highest BCUT2D eigenvalue weighted by atomic mass is 19.1. The average molecular weight is 438 g/mol. The van der Waals surface area contributed by atoms with E-state index in [0.29, 0.717) is 22.6 Å². The van der Waals surface area contributed by atoms with Crippen molar-refractivity contribution < 1.29 is 43.8 Å². The summed E-state index contributed by atoms with van der Waals surface area (Å²) in [5.74, 6) is 0.615. The van der Waals surface area contributed by atoms with Crippen LogP contribution >= 0.6 is 0 Å². The topological polar surface area (TPSA) is 118 Å². The molecule has 170 valence electrons. The number of aliphatic hydroxyl groups is 4. The van der Waals surface area contributed by atoms with Crippen molar-refractivity contribution in [2.24, 2.45) is 0 Å². The molecule has 2 aromatic carbocycles. The van der Waals surface area contributed by atoms with E-state index in [1.54, 1.807) is 30.3 Å². The SMILES string of the molecule is COc1ccc(Cc2ccc(OC)cc2O[C@@H]2OC([C@@H](C)O)[C@@H](O)[C@H](O)[C@H]2O)c(F)c1. The molecule has 31 heavy (non-hydrogen) atoms. The van der Waals surface area contributed by atoms with Gasteiger partial charge in [0.25, 0.3) is 0 Å². The maximum Gasteiger partial charge on any atom is 0.229 e. The van der Waals surface area contributed by atoms with Gasteiger partial charge in [0.1, 0.15) is 47.5 Å². The first-order chi connectivity index (χ1) is 14.7. The Morgan fingerprint density at radius 1 is 0.935 bits per heavy atom. The van der Waals surface area contributed by atoms with E-state index in [1.165, 1.54) is 27.2 Å². The summed E-state index contributed by atoms with van der Waals surface area (Å²) in [4.78, 5) is 0. The van der Waals surface area contributed by atoms with Crippen LogP contribution in [0.25, 0.3) is 0 Å². The van der Waals surface area contributed by atoms with Crippen LogP contribution in [-0.4, -0.2) is 71.5 Å². The van der Waals surface area contributed by atoms with E-state index >= 15 is 0 Å². The lowest BCUT2D eigenvalue weighted by Crippen LogP contribution is -2.61. The Bertz CT molecular complexity index is 890. The van der Waals surface area contributed by atoms with Gasteiger partial charge in [-0.15, -0.1) is 0 Å². The number of ether oxygens (including phenoxy) is 4. The molecule has 0 aromatic heterocycles. The van der Waals surface area contributed by atoms with Crippen molar-refractivity contribution in [3.05, 3.63) is 53.3 Å². The van der Waals surface area contributed by atoms with Gasteiger partial charge in [-0.05, 0) is 30.2 Å². The molecule has 9 heteroatoms. The van der Waals surface area contributed by atoms with Gasteiger partial charge in [0.05, 0.1) is 20.3 Å². The number of rotatable bonds is 7. The zero-order valence-electron chi connectivity index (χ0n) is 17.4. The van der Waals surface area contributed by atoms with Gasteiger partial charge in [-0.2, -0.15) is 0 Å². The summed E-state index contributed by atoms with van der Waals surface area (Å²) in [6, 6.07) is 9.42. The van der Waals surface area contributed by atoms with Gasteiger partial charge in [0, 0.05) is 18.6 Å². The molecule has 3 rings (SSSR count). The Morgan fingerprint density at radius 2 is 1.55 bits per heavy atom. The molecular formula is C22H27FO8. The normalized spacial score (nSPS) is 26.9. The molecule has 0 spiro atoms. The van der Waals surface area contributed by atoms with E-state index in [-0.39, 0.29) is 12.2 Å². The smallest absolute Gasteiger partial charge is 0.229 e. The number of hydrogen-bond acceptors (Lipinski definition) is 8. The molecule has 2 aromatic rings. The second-order valence-corrected chi connectivity index (χ2v) is 7.41. The Balaban J connectivity index is 1.89. The van der Waals surface area contributed by atoms with Crippen molar-refractivity contribution in [1.29, 1.82) is 0 Å². The molecule has 0 saturated carbocycles. The Hall–Kier alpha value is -2.43. The molecule has 8 nitrogen and oxygen atoms in total. The zero-order valence-corrected chi connectivity index (χ0v) is 17.4. The van der Waals surface area contributed by atoms with Gasteiger partial charge in [0.15, 0.2) is 0 Å². The van der Waals surface area contributed by atoms with E-state index in [1.807, 2.05) is 0 Å². The molecule has 1 unspecified atom stereocenters. The van der Waals surface area contributed by atoms with Crippen LogP contribution < -0.4 is 14.2 Å². The van der Waals surface area contributed by atoms with Crippen LogP contribution in [-0.2, 0) is 11.2 Å². The predicted molar refractivity (Wildman–Crippen MR) is 108 cm³/mol. The summed E-state index contributed by atoms with van der Waals surface area (Å²) in [6.07, 6.45) is -8.19. The van der Waals surface area contributed by atoms with Crippen LogP contribution in [0.3, 0.4) is 0 Å². The van der Waals surface area contributed by atoms with E-state index in [9.17, 15) is 24.8 Å². The van der Waals surface area contributed by atoms with Crippen LogP contribution in [0.1, 0.15) is 18.1 Å². The summed E-state index contributed by atoms with van der Waals surface area (Å²) >= 11 is 0. The third kappa shape index (κ3) is 5.08. The van der Waals surface area contributed by atoms with Crippen molar-refractivity contribution in [3.63, 3.8) is 0 Å². The lowest BCUT2D eigenvalue weighted by molar-refractivity contribution is -0.286. The van der Waals surface area contributed by atoms with Gasteiger partial charge >= 0.3 is 0 Å². The molecule has 1 fully saturated rings. The zero-order chi connectivity index (χ0) is 22.7. The maximum atomic E-state index is 14.5. The average Bonchev–Trinajstić information content (AvgIpc) is 2.76. The Kier molecular flexibility index (Phi) is 7.34. The van der Waals surface area contributed by atoms with E-state index in [0.717, 1.165) is 0 Å². The van der Waals surface area contributed by atoms with Crippen LogP contribution in [0.15, 0.2) is 36.4 Å². The second kappa shape index (κ2) is 9.80. The van der Waals surface area contributed by atoms with Crippen molar-refractivity contribution in [2.45, 2.75) is 50.2 Å². The maximum absolute atomic E-state index is 14.5. The van der Waals surface area contributed by atoms with Crippen molar-refractivity contribution >= 4 is 0 Å². The third-order valence-corrected chi connectivity index (χ3v) is 5.24. The summed E-state index contributed by atoms with van der Waals surface area (Å²) < 4.78 is 36.0. The minimum Gasteiger partial charge on any atom is -0.497 e. The molecular weight excluding hydrogens is 411 g/mol. The van der Waals surface area contributed by atoms with Gasteiger partial charge in [-0.3, -0.25) is 0 Å². The van der Waals surface area contributed by atoms with E-state index < -0.39 is 42.6 Å². The first-order valence-corrected chi connectivity index (χ1v) is 9.78. The standard InChI is InChI=1S/C22H27FO8/c1-11(24)21-19(26)18(25)20(27)22(31-21)30-17-10-15(29-3)7-5-13(17)8-12-4-6-14(28-2)9-16(12)23/h4-7,9-11,18-22,24-27H,8H2,1-3H3/t11-,18+,19+,20-,21?,22-/m1/s1. The fraction of sp³-hybridized carbons (Fsp3) is 0.455. The van der Waals surface area contributed by atoms with Crippen molar-refractivity contribution in [1.82, 2.24) is 0 Å². The fourth-order valence-corrected chi connectivity index (χ4v) is 3.42. The van der Waals surface area contributed by atoms with Crippen LogP contribution in [0.4, 0.5) is 4.39 Å². The summed E-state index contributed by atoms with van der Waals surface area (Å²) in [5.41, 5.74) is 0.952. The van der Waals surface area contributed by atoms with Crippen molar-refractivity contribution in [2.75, 3.05) is 14.2 Å². The molecule has 0 amide bonds. The van der Waals surface area contributed by atoms with E-state index in [2.05, 4.69) is 0 Å². The third-order valence-electron chi connectivity index (χ3n) is 5.24. The van der Waals surface area contributed by atoms with Gasteiger partial charge < -0.3 is 39.4 Å². The molecule has 0 radical (unpaired) electrons. The van der Waals surface area contributed by atoms with Gasteiger partial charge in [0.2, 0.25) is 6.29 Å². The molecule has 1 aliphatic rings. The monoisotopic (exact) mass is 438 g/mol. The minimum atomic E-state index is -1.59. The fourth-order valence-electron chi connectivity index (χ4n) is 3.42. The molecule has 1 aliphatic heterocycles. The van der Waals surface area contributed by atoms with Crippen molar-refractivity contribution in [3.8, 4) is 17.2 Å². The molecule has 6 atom stereocenters. The Labute approximate surface area is 179 Å². The number of methoxy groups -OCH3 is 2. The van der Waals surface area contributed by atoms with Gasteiger partial charge in [-0.25, -0.2) is 4.39 Å². The largest absolute Gasteiger partial charge is 0.497 e. The highest BCUT2D eigenvalue weighted by Crippen LogP contribution is 2.32. The molecule has 0 aliphatic carbocycles. The number of benzene rings is 2. The van der Waals surface area contributed by atoms with Crippen LogP contribution in [0, 0.1) is 5.82 Å². The van der Waals surface area contributed by atoms with Crippen LogP contribution in [0.5, 0.6) is 17.2 Å². The first-order valence-electron chi connectivity index (χ1n) is 9.78.